The van der Waals surface area contributed by atoms with E-state index >= 15 is 0 Å². The maximum Gasteiger partial charge on any atom is 0.123 e. The number of halogens is 1. The monoisotopic (exact) mass is 227 g/mol. The number of ether oxygens (including phenoxy) is 1. The summed E-state index contributed by atoms with van der Waals surface area (Å²) in [7, 11) is 3.24. The van der Waals surface area contributed by atoms with Crippen LogP contribution in [0.2, 0.25) is 0 Å². The first-order valence-electron chi connectivity index (χ1n) is 5.13. The van der Waals surface area contributed by atoms with Gasteiger partial charge in [0.2, 0.25) is 0 Å². The highest BCUT2D eigenvalue weighted by Crippen LogP contribution is 2.32. The molecule has 0 saturated heterocycles. The maximum absolute atomic E-state index is 13.2. The number of methoxy groups -OCH3 is 1. The zero-order valence-electron chi connectivity index (χ0n) is 10.0. The number of aliphatic hydroxyl groups is 1. The first kappa shape index (κ1) is 12.9. The summed E-state index contributed by atoms with van der Waals surface area (Å²) in [6.45, 7) is 3.33. The fourth-order valence-electron chi connectivity index (χ4n) is 1.82. The first-order valence-corrected chi connectivity index (χ1v) is 5.13. The second-order valence-corrected chi connectivity index (χ2v) is 4.26. The van der Waals surface area contributed by atoms with Crippen molar-refractivity contribution in [3.63, 3.8) is 0 Å². The third-order valence-corrected chi connectivity index (χ3v) is 2.50. The van der Waals surface area contributed by atoms with Gasteiger partial charge < -0.3 is 15.2 Å². The second-order valence-electron chi connectivity index (χ2n) is 4.26. The lowest BCUT2D eigenvalue weighted by molar-refractivity contribution is 0.0390. The van der Waals surface area contributed by atoms with Gasteiger partial charge in [0.1, 0.15) is 11.6 Å². The molecule has 1 aromatic rings. The number of rotatable bonds is 4. The molecule has 2 N–H and O–H groups in total. The van der Waals surface area contributed by atoms with E-state index in [-0.39, 0.29) is 5.82 Å². The van der Waals surface area contributed by atoms with Crippen molar-refractivity contribution in [1.29, 1.82) is 0 Å². The highest BCUT2D eigenvalue weighted by atomic mass is 19.1. The zero-order chi connectivity index (χ0) is 12.3. The van der Waals surface area contributed by atoms with Crippen molar-refractivity contribution in [2.45, 2.75) is 25.5 Å². The van der Waals surface area contributed by atoms with E-state index in [2.05, 4.69) is 5.32 Å². The van der Waals surface area contributed by atoms with E-state index in [1.807, 2.05) is 0 Å². The molecule has 1 unspecified atom stereocenters. The van der Waals surface area contributed by atoms with Crippen molar-refractivity contribution >= 4 is 0 Å². The molecule has 0 aliphatic heterocycles. The van der Waals surface area contributed by atoms with Crippen molar-refractivity contribution in [2.24, 2.45) is 0 Å². The summed E-state index contributed by atoms with van der Waals surface area (Å²) in [6, 6.07) is 3.87. The van der Waals surface area contributed by atoms with Crippen molar-refractivity contribution in [2.75, 3.05) is 14.2 Å². The molecule has 3 nitrogen and oxygen atoms in total. The van der Waals surface area contributed by atoms with Crippen LogP contribution in [0.3, 0.4) is 0 Å². The molecule has 16 heavy (non-hydrogen) atoms. The molecule has 0 amide bonds. The average molecular weight is 227 g/mol. The topological polar surface area (TPSA) is 41.5 Å². The van der Waals surface area contributed by atoms with E-state index in [1.165, 1.54) is 19.2 Å². The molecule has 1 aromatic carbocycles. The Balaban J connectivity index is 3.23. The molecule has 0 saturated carbocycles. The van der Waals surface area contributed by atoms with Gasteiger partial charge in [-0.1, -0.05) is 0 Å². The summed E-state index contributed by atoms with van der Waals surface area (Å²) in [6.07, 6.45) is 0. The van der Waals surface area contributed by atoms with Crippen LogP contribution in [-0.4, -0.2) is 24.9 Å². The normalized spacial score (nSPS) is 13.6. The smallest absolute Gasteiger partial charge is 0.123 e. The largest absolute Gasteiger partial charge is 0.496 e. The number of hydrogen-bond acceptors (Lipinski definition) is 3. The lowest BCUT2D eigenvalue weighted by Crippen LogP contribution is -2.37. The summed E-state index contributed by atoms with van der Waals surface area (Å²) in [4.78, 5) is 0. The minimum absolute atomic E-state index is 0.347. The Morgan fingerprint density at radius 2 is 2.06 bits per heavy atom. The van der Waals surface area contributed by atoms with Crippen LogP contribution in [0.1, 0.15) is 25.5 Å². The second kappa shape index (κ2) is 4.80. The molecular formula is C12H18FNO2. The van der Waals surface area contributed by atoms with Crippen molar-refractivity contribution in [3.8, 4) is 5.75 Å². The number of benzene rings is 1. The fourth-order valence-corrected chi connectivity index (χ4v) is 1.82. The maximum atomic E-state index is 13.2. The Kier molecular flexibility index (Phi) is 3.88. The molecule has 0 radical (unpaired) electrons. The SMILES string of the molecule is CNC(c1cc(F)ccc1OC)C(C)(C)O. The number of nitrogens with one attached hydrogen (secondary N) is 1. The van der Waals surface area contributed by atoms with Gasteiger partial charge >= 0.3 is 0 Å². The van der Waals surface area contributed by atoms with Gasteiger partial charge in [-0.3, -0.25) is 0 Å². The Morgan fingerprint density at radius 1 is 1.44 bits per heavy atom. The molecular weight excluding hydrogens is 209 g/mol. The van der Waals surface area contributed by atoms with Gasteiger partial charge in [-0.05, 0) is 39.1 Å². The standard InChI is InChI=1S/C12H18FNO2/c1-12(2,15)11(14-3)9-7-8(13)5-6-10(9)16-4/h5-7,11,14-15H,1-4H3. The van der Waals surface area contributed by atoms with Crippen LogP contribution >= 0.6 is 0 Å². The van der Waals surface area contributed by atoms with E-state index in [0.717, 1.165) is 0 Å². The molecule has 1 atom stereocenters. The van der Waals surface area contributed by atoms with Crippen LogP contribution in [0.5, 0.6) is 5.75 Å². The Hall–Kier alpha value is -1.13. The van der Waals surface area contributed by atoms with E-state index in [1.54, 1.807) is 27.0 Å². The summed E-state index contributed by atoms with van der Waals surface area (Å²) < 4.78 is 18.4. The van der Waals surface area contributed by atoms with E-state index < -0.39 is 11.6 Å². The van der Waals surface area contributed by atoms with Gasteiger partial charge in [-0.2, -0.15) is 0 Å². The van der Waals surface area contributed by atoms with Crippen molar-refractivity contribution in [1.82, 2.24) is 5.32 Å². The Morgan fingerprint density at radius 3 is 2.50 bits per heavy atom. The van der Waals surface area contributed by atoms with Gasteiger partial charge in [0.25, 0.3) is 0 Å². The highest BCUT2D eigenvalue weighted by molar-refractivity contribution is 5.37. The van der Waals surface area contributed by atoms with E-state index in [9.17, 15) is 9.50 Å². The predicted octanol–water partition coefficient (Wildman–Crippen LogP) is 1.87. The molecule has 1 rings (SSSR count). The Labute approximate surface area is 95.2 Å². The van der Waals surface area contributed by atoms with Crippen LogP contribution in [0.25, 0.3) is 0 Å². The van der Waals surface area contributed by atoms with E-state index in [4.69, 9.17) is 4.74 Å². The number of likely N-dealkylation sites (N-methyl/N-ethyl adjacent to an activating group) is 1. The average Bonchev–Trinajstić information content (AvgIpc) is 2.17. The summed E-state index contributed by atoms with van der Waals surface area (Å²) in [5.41, 5.74) is -0.395. The lowest BCUT2D eigenvalue weighted by Gasteiger charge is -2.30. The number of hydrogen-bond donors (Lipinski definition) is 2. The fraction of sp³-hybridized carbons (Fsp3) is 0.500. The molecule has 0 aromatic heterocycles. The minimum atomic E-state index is -1.00. The molecule has 0 aliphatic carbocycles. The van der Waals surface area contributed by atoms with Crippen LogP contribution in [-0.2, 0) is 0 Å². The summed E-state index contributed by atoms with van der Waals surface area (Å²) in [5.74, 6) is 0.211. The van der Waals surface area contributed by atoms with E-state index in [0.29, 0.717) is 11.3 Å². The zero-order valence-corrected chi connectivity index (χ0v) is 10.0. The third-order valence-electron chi connectivity index (χ3n) is 2.50. The molecule has 0 fully saturated rings. The highest BCUT2D eigenvalue weighted by Gasteiger charge is 2.29. The van der Waals surface area contributed by atoms with Gasteiger partial charge in [-0.15, -0.1) is 0 Å². The van der Waals surface area contributed by atoms with Crippen LogP contribution in [0, 0.1) is 5.82 Å². The quantitative estimate of drug-likeness (QED) is 0.825. The van der Waals surface area contributed by atoms with Crippen molar-refractivity contribution in [3.05, 3.63) is 29.6 Å². The van der Waals surface area contributed by atoms with Gasteiger partial charge in [0.05, 0.1) is 18.8 Å². The van der Waals surface area contributed by atoms with Crippen molar-refractivity contribution < 1.29 is 14.2 Å². The molecule has 0 spiro atoms. The van der Waals surface area contributed by atoms with Gasteiger partial charge in [0.15, 0.2) is 0 Å². The molecule has 0 aliphatic rings. The van der Waals surface area contributed by atoms with Gasteiger partial charge in [0, 0.05) is 5.56 Å². The first-order chi connectivity index (χ1) is 7.40. The summed E-state index contributed by atoms with van der Waals surface area (Å²) >= 11 is 0. The Bertz CT molecular complexity index is 361. The lowest BCUT2D eigenvalue weighted by atomic mass is 9.91. The molecule has 90 valence electrons. The van der Waals surface area contributed by atoms with Crippen LogP contribution in [0.4, 0.5) is 4.39 Å². The molecule has 4 heteroatoms. The van der Waals surface area contributed by atoms with Gasteiger partial charge in [-0.25, -0.2) is 4.39 Å². The van der Waals surface area contributed by atoms with Crippen LogP contribution < -0.4 is 10.1 Å². The minimum Gasteiger partial charge on any atom is -0.496 e. The molecule has 0 heterocycles. The third kappa shape index (κ3) is 2.71. The summed E-state index contributed by atoms with van der Waals surface area (Å²) in [5, 5.41) is 13.0. The van der Waals surface area contributed by atoms with Crippen LogP contribution in [0.15, 0.2) is 18.2 Å². The molecule has 0 bridgehead atoms. The predicted molar refractivity (Wildman–Crippen MR) is 61.1 cm³/mol.